The van der Waals surface area contributed by atoms with E-state index >= 15 is 0 Å². The van der Waals surface area contributed by atoms with Crippen molar-refractivity contribution < 1.29 is 23.9 Å². The van der Waals surface area contributed by atoms with Crippen molar-refractivity contribution in [2.24, 2.45) is 5.92 Å². The molecule has 0 aromatic heterocycles. The Bertz CT molecular complexity index is 675. The Balaban J connectivity index is 1.77. The predicted octanol–water partition coefficient (Wildman–Crippen LogP) is 1.57. The van der Waals surface area contributed by atoms with Gasteiger partial charge in [0.2, 0.25) is 5.60 Å². The Kier molecular flexibility index (Phi) is 4.29. The molecule has 3 fully saturated rings. The number of piperidine rings is 3. The zero-order valence-corrected chi connectivity index (χ0v) is 15.4. The molecule has 142 valence electrons. The Morgan fingerprint density at radius 1 is 1.19 bits per heavy atom. The minimum Gasteiger partial charge on any atom is -0.447 e. The highest BCUT2D eigenvalue weighted by Crippen LogP contribution is 2.49. The highest BCUT2D eigenvalue weighted by molar-refractivity contribution is 5.92. The van der Waals surface area contributed by atoms with Crippen LogP contribution in [-0.2, 0) is 23.9 Å². The molecule has 0 aromatic carbocycles. The lowest BCUT2D eigenvalue weighted by Crippen LogP contribution is -2.73. The summed E-state index contributed by atoms with van der Waals surface area (Å²) in [5, 5.41) is 0. The van der Waals surface area contributed by atoms with Gasteiger partial charge in [-0.05, 0) is 25.8 Å². The average Bonchev–Trinajstić information content (AvgIpc) is 2.59. The number of allylic oxidation sites excluding steroid dienone is 1. The van der Waals surface area contributed by atoms with Crippen molar-refractivity contribution in [3.05, 3.63) is 11.8 Å². The van der Waals surface area contributed by atoms with Crippen LogP contribution in [0.5, 0.6) is 0 Å². The first-order chi connectivity index (χ1) is 12.4. The van der Waals surface area contributed by atoms with Gasteiger partial charge in [0, 0.05) is 44.8 Å². The van der Waals surface area contributed by atoms with Gasteiger partial charge in [-0.3, -0.25) is 24.2 Å². The second-order valence-electron chi connectivity index (χ2n) is 7.84. The Morgan fingerprint density at radius 3 is 2.73 bits per heavy atom. The van der Waals surface area contributed by atoms with Gasteiger partial charge in [0.25, 0.3) is 5.91 Å². The molecule has 1 amide bonds. The lowest BCUT2D eigenvalue weighted by atomic mass is 9.69. The van der Waals surface area contributed by atoms with Crippen molar-refractivity contribution >= 4 is 17.8 Å². The zero-order valence-electron chi connectivity index (χ0n) is 15.4. The summed E-state index contributed by atoms with van der Waals surface area (Å²) >= 11 is 0. The molecule has 7 nitrogen and oxygen atoms in total. The zero-order chi connectivity index (χ0) is 18.5. The number of fused-ring (bicyclic) bond motifs is 6. The van der Waals surface area contributed by atoms with Crippen LogP contribution in [0.4, 0.5) is 0 Å². The topological polar surface area (TPSA) is 76.1 Å². The predicted molar refractivity (Wildman–Crippen MR) is 91.5 cm³/mol. The van der Waals surface area contributed by atoms with Gasteiger partial charge in [-0.15, -0.1) is 0 Å². The summed E-state index contributed by atoms with van der Waals surface area (Å²) in [5.41, 5.74) is -0.235. The standard InChI is InChI=1S/C19H26N2O5/c1-12(22)25-17-8-5-6-15-14-10-19(26-13(2)23,18(24)21(15)17)16-7-3-4-9-20(16)11-14/h6,14,16-17H,3-5,7-11H2,1-2H3/t14-,16-,17-,19-/m1/s1. The van der Waals surface area contributed by atoms with Crippen LogP contribution >= 0.6 is 0 Å². The summed E-state index contributed by atoms with van der Waals surface area (Å²) in [5.74, 6) is -0.948. The van der Waals surface area contributed by atoms with E-state index in [1.54, 1.807) is 4.90 Å². The van der Waals surface area contributed by atoms with Gasteiger partial charge in [-0.25, -0.2) is 0 Å². The van der Waals surface area contributed by atoms with Crippen LogP contribution < -0.4 is 0 Å². The van der Waals surface area contributed by atoms with Gasteiger partial charge in [0.15, 0.2) is 6.23 Å². The maximum atomic E-state index is 13.7. The van der Waals surface area contributed by atoms with Gasteiger partial charge in [0.1, 0.15) is 0 Å². The maximum absolute atomic E-state index is 13.7. The van der Waals surface area contributed by atoms with Crippen LogP contribution in [0.3, 0.4) is 0 Å². The molecule has 0 radical (unpaired) electrons. The number of nitrogens with zero attached hydrogens (tertiary/aromatic N) is 2. The van der Waals surface area contributed by atoms with E-state index in [4.69, 9.17) is 9.47 Å². The molecule has 0 aliphatic carbocycles. The third-order valence-corrected chi connectivity index (χ3v) is 6.12. The third-order valence-electron chi connectivity index (χ3n) is 6.12. The summed E-state index contributed by atoms with van der Waals surface area (Å²) in [6.45, 7) is 4.51. The Labute approximate surface area is 153 Å². The molecule has 3 saturated heterocycles. The molecule has 4 aliphatic heterocycles. The molecule has 0 saturated carbocycles. The SMILES string of the molecule is CC(=O)O[C@@H]1CCC=C2[C@H]3CN4CCCC[C@@H]4[C@](OC(C)=O)(C3)C(=O)N21. The summed E-state index contributed by atoms with van der Waals surface area (Å²) in [4.78, 5) is 41.1. The number of hydrogen-bond acceptors (Lipinski definition) is 6. The minimum absolute atomic E-state index is 0.0923. The highest BCUT2D eigenvalue weighted by atomic mass is 16.6. The summed E-state index contributed by atoms with van der Waals surface area (Å²) in [6, 6.07) is -0.0923. The van der Waals surface area contributed by atoms with Crippen molar-refractivity contribution in [1.29, 1.82) is 0 Å². The maximum Gasteiger partial charge on any atom is 0.304 e. The first-order valence-corrected chi connectivity index (χ1v) is 9.57. The fraction of sp³-hybridized carbons (Fsp3) is 0.737. The smallest absolute Gasteiger partial charge is 0.304 e. The van der Waals surface area contributed by atoms with Crippen LogP contribution in [0.2, 0.25) is 0 Å². The number of carbonyl (C=O) groups is 3. The van der Waals surface area contributed by atoms with E-state index in [0.717, 1.165) is 44.5 Å². The van der Waals surface area contributed by atoms with Gasteiger partial charge < -0.3 is 9.47 Å². The quantitative estimate of drug-likeness (QED) is 0.694. The average molecular weight is 362 g/mol. The number of esters is 2. The lowest BCUT2D eigenvalue weighted by Gasteiger charge is -2.59. The number of carbonyl (C=O) groups excluding carboxylic acids is 3. The lowest BCUT2D eigenvalue weighted by molar-refractivity contribution is -0.209. The second-order valence-corrected chi connectivity index (χ2v) is 7.84. The van der Waals surface area contributed by atoms with Crippen molar-refractivity contribution in [2.75, 3.05) is 13.1 Å². The third kappa shape index (κ3) is 2.64. The Hall–Kier alpha value is -1.89. The first kappa shape index (κ1) is 17.5. The molecular formula is C19H26N2O5. The molecular weight excluding hydrogens is 336 g/mol. The minimum atomic E-state index is -1.16. The number of ether oxygens (including phenoxy) is 2. The molecule has 4 rings (SSSR count). The van der Waals surface area contributed by atoms with Crippen LogP contribution in [0.1, 0.15) is 52.4 Å². The van der Waals surface area contributed by atoms with E-state index in [1.807, 2.05) is 0 Å². The first-order valence-electron chi connectivity index (χ1n) is 9.57. The molecule has 0 aromatic rings. The number of hydrogen-bond donors (Lipinski definition) is 0. The second kappa shape index (κ2) is 6.37. The van der Waals surface area contributed by atoms with E-state index in [2.05, 4.69) is 11.0 Å². The molecule has 0 spiro atoms. The fourth-order valence-corrected chi connectivity index (χ4v) is 5.31. The van der Waals surface area contributed by atoms with E-state index in [1.165, 1.54) is 13.8 Å². The molecule has 4 aliphatic rings. The van der Waals surface area contributed by atoms with Gasteiger partial charge in [-0.2, -0.15) is 0 Å². The van der Waals surface area contributed by atoms with E-state index in [0.29, 0.717) is 12.8 Å². The molecule has 7 heteroatoms. The van der Waals surface area contributed by atoms with Crippen LogP contribution in [-0.4, -0.2) is 58.6 Å². The van der Waals surface area contributed by atoms with Crippen molar-refractivity contribution in [1.82, 2.24) is 9.80 Å². The Morgan fingerprint density at radius 2 is 2.00 bits per heavy atom. The molecule has 2 bridgehead atoms. The molecule has 4 heterocycles. The van der Waals surface area contributed by atoms with Gasteiger partial charge in [0.05, 0.1) is 6.04 Å². The van der Waals surface area contributed by atoms with E-state index < -0.39 is 23.8 Å². The van der Waals surface area contributed by atoms with Crippen molar-refractivity contribution in [3.63, 3.8) is 0 Å². The van der Waals surface area contributed by atoms with Gasteiger partial charge >= 0.3 is 11.9 Å². The normalized spacial score (nSPS) is 36.5. The summed E-state index contributed by atoms with van der Waals surface area (Å²) < 4.78 is 11.2. The largest absolute Gasteiger partial charge is 0.447 e. The van der Waals surface area contributed by atoms with Crippen LogP contribution in [0.15, 0.2) is 11.8 Å². The molecule has 4 atom stereocenters. The van der Waals surface area contributed by atoms with Crippen molar-refractivity contribution in [2.45, 2.75) is 70.2 Å². The van der Waals surface area contributed by atoms with E-state index in [9.17, 15) is 14.4 Å². The van der Waals surface area contributed by atoms with Crippen LogP contribution in [0.25, 0.3) is 0 Å². The number of amides is 1. The van der Waals surface area contributed by atoms with Gasteiger partial charge in [-0.1, -0.05) is 12.5 Å². The number of rotatable bonds is 2. The molecule has 0 N–H and O–H groups in total. The van der Waals surface area contributed by atoms with Crippen LogP contribution in [0, 0.1) is 5.92 Å². The van der Waals surface area contributed by atoms with E-state index in [-0.39, 0.29) is 17.9 Å². The highest BCUT2D eigenvalue weighted by Gasteiger charge is 2.63. The monoisotopic (exact) mass is 362 g/mol. The summed E-state index contributed by atoms with van der Waals surface area (Å²) in [7, 11) is 0. The summed E-state index contributed by atoms with van der Waals surface area (Å²) in [6.07, 6.45) is 6.34. The molecule has 26 heavy (non-hydrogen) atoms. The molecule has 0 unspecified atom stereocenters. The fourth-order valence-electron chi connectivity index (χ4n) is 5.31. The van der Waals surface area contributed by atoms with Crippen molar-refractivity contribution in [3.8, 4) is 0 Å².